The molecule has 2 aromatic heterocycles. The van der Waals surface area contributed by atoms with E-state index >= 15 is 0 Å². The van der Waals surface area contributed by atoms with E-state index in [0.717, 1.165) is 24.8 Å². The van der Waals surface area contributed by atoms with Crippen LogP contribution in [0.1, 0.15) is 36.8 Å². The average molecular weight is 287 g/mol. The summed E-state index contributed by atoms with van der Waals surface area (Å²) in [6.07, 6.45) is 8.54. The van der Waals surface area contributed by atoms with Gasteiger partial charge in [-0.3, -0.25) is 9.78 Å². The summed E-state index contributed by atoms with van der Waals surface area (Å²) >= 11 is 1.67. The Morgan fingerprint density at radius 2 is 2.20 bits per heavy atom. The zero-order chi connectivity index (χ0) is 14.2. The lowest BCUT2D eigenvalue weighted by Crippen LogP contribution is -1.93. The Labute approximate surface area is 122 Å². The molecule has 0 atom stereocenters. The van der Waals surface area contributed by atoms with Gasteiger partial charge in [-0.25, -0.2) is 0 Å². The molecule has 2 heterocycles. The third-order valence-corrected chi connectivity index (χ3v) is 3.68. The van der Waals surface area contributed by atoms with Crippen LogP contribution in [0.2, 0.25) is 0 Å². The Hall–Kier alpha value is -1.94. The van der Waals surface area contributed by atoms with E-state index in [1.54, 1.807) is 17.5 Å². The molecule has 104 valence electrons. The summed E-state index contributed by atoms with van der Waals surface area (Å²) in [6, 6.07) is 6.08. The van der Waals surface area contributed by atoms with Crippen molar-refractivity contribution in [3.8, 4) is 0 Å². The lowest BCUT2D eigenvalue weighted by atomic mass is 10.00. The number of thiophene rings is 1. The van der Waals surface area contributed by atoms with Crippen LogP contribution < -0.4 is 0 Å². The van der Waals surface area contributed by atoms with Gasteiger partial charge in [0.05, 0.1) is 0 Å². The summed E-state index contributed by atoms with van der Waals surface area (Å²) in [5.74, 6) is -0.723. The highest BCUT2D eigenvalue weighted by Crippen LogP contribution is 2.25. The lowest BCUT2D eigenvalue weighted by Gasteiger charge is -2.06. The van der Waals surface area contributed by atoms with Crippen LogP contribution in [0.15, 0.2) is 47.4 Å². The largest absolute Gasteiger partial charge is 0.481 e. The minimum atomic E-state index is -0.723. The van der Waals surface area contributed by atoms with Gasteiger partial charge in [0, 0.05) is 24.4 Å². The molecule has 0 saturated carbocycles. The molecule has 2 rings (SSSR count). The van der Waals surface area contributed by atoms with Crippen molar-refractivity contribution in [3.05, 3.63) is 58.6 Å². The van der Waals surface area contributed by atoms with Crippen LogP contribution in [0.3, 0.4) is 0 Å². The normalized spacial score (nSPS) is 11.5. The standard InChI is InChI=1S/C16H17NO2S/c18-16(19)7-3-1-2-6-15(14-8-10-20-12-14)13-5-4-9-17-11-13/h4-6,8-12H,1-3,7H2,(H,18,19)/b15-6-. The predicted octanol–water partition coefficient (Wildman–Crippen LogP) is 4.22. The third-order valence-electron chi connectivity index (χ3n) is 3.00. The molecule has 0 aliphatic carbocycles. The van der Waals surface area contributed by atoms with Gasteiger partial charge in [0.15, 0.2) is 0 Å². The summed E-state index contributed by atoms with van der Waals surface area (Å²) in [4.78, 5) is 14.7. The molecule has 4 heteroatoms. The molecular weight excluding hydrogens is 270 g/mol. The third kappa shape index (κ3) is 4.31. The second-order valence-corrected chi connectivity index (χ2v) is 5.29. The van der Waals surface area contributed by atoms with Gasteiger partial charge >= 0.3 is 5.97 Å². The molecule has 0 aliphatic heterocycles. The zero-order valence-corrected chi connectivity index (χ0v) is 12.0. The predicted molar refractivity (Wildman–Crippen MR) is 81.7 cm³/mol. The van der Waals surface area contributed by atoms with Gasteiger partial charge in [-0.1, -0.05) is 12.1 Å². The highest BCUT2D eigenvalue weighted by Gasteiger charge is 2.05. The molecule has 0 amide bonds. The van der Waals surface area contributed by atoms with E-state index < -0.39 is 5.97 Å². The van der Waals surface area contributed by atoms with Crippen molar-refractivity contribution >= 4 is 22.9 Å². The molecule has 20 heavy (non-hydrogen) atoms. The zero-order valence-electron chi connectivity index (χ0n) is 11.2. The fraction of sp³-hybridized carbons (Fsp3) is 0.250. The molecule has 0 fully saturated rings. The Morgan fingerprint density at radius 3 is 2.85 bits per heavy atom. The van der Waals surface area contributed by atoms with Gasteiger partial charge in [0.2, 0.25) is 0 Å². The molecule has 0 aliphatic rings. The van der Waals surface area contributed by atoms with E-state index in [0.29, 0.717) is 0 Å². The van der Waals surface area contributed by atoms with Gasteiger partial charge in [-0.05, 0) is 53.3 Å². The van der Waals surface area contributed by atoms with Gasteiger partial charge in [0.1, 0.15) is 0 Å². The van der Waals surface area contributed by atoms with E-state index in [-0.39, 0.29) is 6.42 Å². The van der Waals surface area contributed by atoms with Crippen molar-refractivity contribution in [2.75, 3.05) is 0 Å². The van der Waals surface area contributed by atoms with E-state index in [2.05, 4.69) is 27.9 Å². The topological polar surface area (TPSA) is 50.2 Å². The first-order valence-electron chi connectivity index (χ1n) is 6.62. The minimum absolute atomic E-state index is 0.245. The first-order valence-corrected chi connectivity index (χ1v) is 7.56. The maximum Gasteiger partial charge on any atom is 0.303 e. The van der Waals surface area contributed by atoms with Crippen molar-refractivity contribution in [2.45, 2.75) is 25.7 Å². The van der Waals surface area contributed by atoms with Crippen molar-refractivity contribution in [2.24, 2.45) is 0 Å². The summed E-state index contributed by atoms with van der Waals surface area (Å²) in [5.41, 5.74) is 3.47. The summed E-state index contributed by atoms with van der Waals surface area (Å²) in [5, 5.41) is 12.8. The summed E-state index contributed by atoms with van der Waals surface area (Å²) in [7, 11) is 0. The second-order valence-electron chi connectivity index (χ2n) is 4.51. The first-order chi connectivity index (χ1) is 9.77. The Morgan fingerprint density at radius 1 is 1.30 bits per heavy atom. The molecule has 3 nitrogen and oxygen atoms in total. The number of hydrogen-bond acceptors (Lipinski definition) is 3. The van der Waals surface area contributed by atoms with E-state index in [4.69, 9.17) is 5.11 Å². The average Bonchev–Trinajstić information content (AvgIpc) is 2.97. The van der Waals surface area contributed by atoms with Crippen LogP contribution in [0, 0.1) is 0 Å². The van der Waals surface area contributed by atoms with Gasteiger partial charge in [-0.15, -0.1) is 0 Å². The monoisotopic (exact) mass is 287 g/mol. The number of carboxylic acids is 1. The van der Waals surface area contributed by atoms with Crippen LogP contribution in [0.25, 0.3) is 5.57 Å². The van der Waals surface area contributed by atoms with Crippen LogP contribution in [0.5, 0.6) is 0 Å². The Bertz CT molecular complexity index is 561. The number of aromatic nitrogens is 1. The van der Waals surface area contributed by atoms with Crippen molar-refractivity contribution < 1.29 is 9.90 Å². The maximum atomic E-state index is 10.5. The quantitative estimate of drug-likeness (QED) is 0.776. The number of unbranched alkanes of at least 4 members (excludes halogenated alkanes) is 2. The van der Waals surface area contributed by atoms with Gasteiger partial charge in [0.25, 0.3) is 0 Å². The van der Waals surface area contributed by atoms with Crippen molar-refractivity contribution in [1.29, 1.82) is 0 Å². The van der Waals surface area contributed by atoms with Crippen molar-refractivity contribution in [3.63, 3.8) is 0 Å². The smallest absolute Gasteiger partial charge is 0.303 e. The molecular formula is C16H17NO2S. The van der Waals surface area contributed by atoms with Crippen LogP contribution in [0.4, 0.5) is 0 Å². The van der Waals surface area contributed by atoms with Gasteiger partial charge in [-0.2, -0.15) is 11.3 Å². The number of rotatable bonds is 7. The van der Waals surface area contributed by atoms with E-state index in [1.807, 2.05) is 18.3 Å². The fourth-order valence-corrected chi connectivity index (χ4v) is 2.67. The lowest BCUT2D eigenvalue weighted by molar-refractivity contribution is -0.137. The van der Waals surface area contributed by atoms with Crippen LogP contribution >= 0.6 is 11.3 Å². The maximum absolute atomic E-state index is 10.5. The Kier molecular flexibility index (Phi) is 5.50. The summed E-state index contributed by atoms with van der Waals surface area (Å²) in [6.45, 7) is 0. The molecule has 0 aromatic carbocycles. The molecule has 0 unspecified atom stereocenters. The molecule has 0 saturated heterocycles. The van der Waals surface area contributed by atoms with Crippen LogP contribution in [-0.4, -0.2) is 16.1 Å². The number of allylic oxidation sites excluding steroid dienone is 1. The SMILES string of the molecule is O=C(O)CCCC/C=C(/c1cccnc1)c1ccsc1. The number of aliphatic carboxylic acids is 1. The minimum Gasteiger partial charge on any atom is -0.481 e. The molecule has 2 aromatic rings. The fourth-order valence-electron chi connectivity index (χ4n) is 2.01. The number of nitrogens with zero attached hydrogens (tertiary/aromatic N) is 1. The first kappa shape index (κ1) is 14.5. The second kappa shape index (κ2) is 7.60. The van der Waals surface area contributed by atoms with E-state index in [1.165, 1.54) is 11.1 Å². The number of hydrogen-bond donors (Lipinski definition) is 1. The summed E-state index contributed by atoms with van der Waals surface area (Å²) < 4.78 is 0. The molecule has 0 radical (unpaired) electrons. The van der Waals surface area contributed by atoms with E-state index in [9.17, 15) is 4.79 Å². The van der Waals surface area contributed by atoms with Crippen molar-refractivity contribution in [1.82, 2.24) is 4.98 Å². The number of pyridine rings is 1. The van der Waals surface area contributed by atoms with Gasteiger partial charge < -0.3 is 5.11 Å². The number of carboxylic acid groups (broad SMARTS) is 1. The van der Waals surface area contributed by atoms with Crippen LogP contribution in [-0.2, 0) is 4.79 Å². The molecule has 0 bridgehead atoms. The highest BCUT2D eigenvalue weighted by molar-refractivity contribution is 7.08. The molecule has 0 spiro atoms. The number of carbonyl (C=O) groups is 1. The molecule has 1 N–H and O–H groups in total. The Balaban J connectivity index is 2.06. The highest BCUT2D eigenvalue weighted by atomic mass is 32.1.